The first-order valence-electron chi connectivity index (χ1n) is 5.87. The topological polar surface area (TPSA) is 68.0 Å². The molecule has 1 unspecified atom stereocenters. The second-order valence-corrected chi connectivity index (χ2v) is 5.66. The van der Waals surface area contributed by atoms with Crippen molar-refractivity contribution in [2.24, 2.45) is 5.41 Å². The third kappa shape index (κ3) is 2.69. The maximum atomic E-state index is 5.86. The van der Waals surface area contributed by atoms with Gasteiger partial charge in [0.2, 0.25) is 0 Å². The molecule has 7 heteroatoms. The minimum Gasteiger partial charge on any atom is -0.365 e. The normalized spacial score (nSPS) is 13.8. The van der Waals surface area contributed by atoms with Crippen molar-refractivity contribution < 1.29 is 0 Å². The van der Waals surface area contributed by atoms with E-state index in [-0.39, 0.29) is 11.5 Å². The molecule has 0 spiro atoms. The molecule has 0 radical (unpaired) electrons. The van der Waals surface area contributed by atoms with Gasteiger partial charge in [-0.25, -0.2) is 0 Å². The predicted octanol–water partition coefficient (Wildman–Crippen LogP) is 1.97. The Morgan fingerprint density at radius 3 is 2.83 bits per heavy atom. The molecule has 6 nitrogen and oxygen atoms in total. The number of rotatable bonds is 4. The Balaban J connectivity index is 2.28. The highest BCUT2D eigenvalue weighted by molar-refractivity contribution is 6.17. The number of fused-ring (bicyclic) bond motifs is 1. The largest absolute Gasteiger partial charge is 0.365 e. The number of tetrazole rings is 1. The van der Waals surface area contributed by atoms with Crippen molar-refractivity contribution in [2.45, 2.75) is 33.2 Å². The lowest BCUT2D eigenvalue weighted by molar-refractivity contribution is 0.333. The Labute approximate surface area is 111 Å². The number of anilines is 1. The van der Waals surface area contributed by atoms with E-state index in [2.05, 4.69) is 46.6 Å². The average Bonchev–Trinajstić information content (AvgIpc) is 2.76. The SMILES string of the molecule is CC(C)(C)C(CCCl)Nc1cncc2nnnn12. The van der Waals surface area contributed by atoms with Crippen LogP contribution in [0.1, 0.15) is 27.2 Å². The monoisotopic (exact) mass is 268 g/mol. The van der Waals surface area contributed by atoms with Gasteiger partial charge >= 0.3 is 0 Å². The van der Waals surface area contributed by atoms with Crippen LogP contribution in [0.4, 0.5) is 5.82 Å². The fourth-order valence-electron chi connectivity index (χ4n) is 1.78. The number of hydrogen-bond donors (Lipinski definition) is 1. The summed E-state index contributed by atoms with van der Waals surface area (Å²) in [5.74, 6) is 1.39. The lowest BCUT2D eigenvalue weighted by atomic mass is 9.85. The second kappa shape index (κ2) is 5.06. The average molecular weight is 269 g/mol. The van der Waals surface area contributed by atoms with Crippen LogP contribution in [0.3, 0.4) is 0 Å². The smallest absolute Gasteiger partial charge is 0.199 e. The fraction of sp³-hybridized carbons (Fsp3) is 0.636. The van der Waals surface area contributed by atoms with Crippen molar-refractivity contribution >= 4 is 23.1 Å². The van der Waals surface area contributed by atoms with Crippen LogP contribution in [0.2, 0.25) is 0 Å². The molecule has 0 aliphatic carbocycles. The molecule has 2 aromatic rings. The standard InChI is InChI=1S/C11H17ClN6/c1-11(2,3)8(4-5-12)14-9-6-13-7-10-15-16-17-18(9)10/h6-8,14H,4-5H2,1-3H3. The summed E-state index contributed by atoms with van der Waals surface area (Å²) in [6.45, 7) is 6.51. The minimum absolute atomic E-state index is 0.0884. The van der Waals surface area contributed by atoms with Gasteiger partial charge in [-0.1, -0.05) is 20.8 Å². The number of aromatic nitrogens is 5. The zero-order chi connectivity index (χ0) is 13.2. The first kappa shape index (κ1) is 13.0. The van der Waals surface area contributed by atoms with Crippen LogP contribution in [0.5, 0.6) is 0 Å². The molecule has 0 aromatic carbocycles. The van der Waals surface area contributed by atoms with Crippen LogP contribution in [-0.2, 0) is 0 Å². The highest BCUT2D eigenvalue weighted by atomic mass is 35.5. The van der Waals surface area contributed by atoms with E-state index in [0.717, 1.165) is 12.2 Å². The summed E-state index contributed by atoms with van der Waals surface area (Å²) in [6, 6.07) is 0.228. The highest BCUT2D eigenvalue weighted by Gasteiger charge is 2.24. The van der Waals surface area contributed by atoms with Crippen LogP contribution in [0, 0.1) is 5.41 Å². The van der Waals surface area contributed by atoms with Gasteiger partial charge in [0.1, 0.15) is 0 Å². The number of nitrogens with zero attached hydrogens (tertiary/aromatic N) is 5. The summed E-state index contributed by atoms with van der Waals surface area (Å²) >= 11 is 5.86. The van der Waals surface area contributed by atoms with Gasteiger partial charge in [0.25, 0.3) is 0 Å². The molecule has 0 aliphatic rings. The Kier molecular flexibility index (Phi) is 3.65. The molecule has 2 rings (SSSR count). The molecular formula is C11H17ClN6. The molecule has 2 aromatic heterocycles. The van der Waals surface area contributed by atoms with E-state index in [9.17, 15) is 0 Å². The van der Waals surface area contributed by atoms with E-state index in [4.69, 9.17) is 11.6 Å². The lowest BCUT2D eigenvalue weighted by Crippen LogP contribution is -2.35. The first-order chi connectivity index (χ1) is 8.52. The van der Waals surface area contributed by atoms with Crippen LogP contribution in [0.25, 0.3) is 5.65 Å². The molecule has 0 saturated carbocycles. The maximum Gasteiger partial charge on any atom is 0.199 e. The van der Waals surface area contributed by atoms with E-state index in [1.165, 1.54) is 0 Å². The quantitative estimate of drug-likeness (QED) is 0.859. The molecule has 0 saturated heterocycles. The van der Waals surface area contributed by atoms with Gasteiger partial charge in [-0.15, -0.1) is 16.7 Å². The van der Waals surface area contributed by atoms with E-state index < -0.39 is 0 Å². The molecule has 0 amide bonds. The van der Waals surface area contributed by atoms with Crippen molar-refractivity contribution in [3.05, 3.63) is 12.4 Å². The van der Waals surface area contributed by atoms with Gasteiger partial charge in [0.05, 0.1) is 12.4 Å². The Morgan fingerprint density at radius 1 is 1.39 bits per heavy atom. The van der Waals surface area contributed by atoms with E-state index in [1.54, 1.807) is 16.9 Å². The van der Waals surface area contributed by atoms with Crippen molar-refractivity contribution in [2.75, 3.05) is 11.2 Å². The third-order valence-corrected chi connectivity index (χ3v) is 3.09. The number of nitrogens with one attached hydrogen (secondary N) is 1. The van der Waals surface area contributed by atoms with Crippen molar-refractivity contribution in [1.82, 2.24) is 25.0 Å². The fourth-order valence-corrected chi connectivity index (χ4v) is 2.00. The van der Waals surface area contributed by atoms with Gasteiger partial charge in [0.15, 0.2) is 11.5 Å². The summed E-state index contributed by atoms with van der Waals surface area (Å²) in [7, 11) is 0. The summed E-state index contributed by atoms with van der Waals surface area (Å²) in [6.07, 6.45) is 4.21. The molecule has 0 fully saturated rings. The highest BCUT2D eigenvalue weighted by Crippen LogP contribution is 2.25. The predicted molar refractivity (Wildman–Crippen MR) is 70.8 cm³/mol. The molecule has 1 N–H and O–H groups in total. The zero-order valence-electron chi connectivity index (χ0n) is 10.8. The van der Waals surface area contributed by atoms with Crippen LogP contribution in [0.15, 0.2) is 12.4 Å². The number of hydrogen-bond acceptors (Lipinski definition) is 5. The van der Waals surface area contributed by atoms with Gasteiger partial charge in [-0.3, -0.25) is 4.98 Å². The Hall–Kier alpha value is -1.43. The lowest BCUT2D eigenvalue weighted by Gasteiger charge is -2.31. The minimum atomic E-state index is 0.0884. The molecule has 1 atom stereocenters. The van der Waals surface area contributed by atoms with Crippen LogP contribution in [-0.4, -0.2) is 36.9 Å². The van der Waals surface area contributed by atoms with E-state index in [1.807, 2.05) is 0 Å². The molecule has 2 heterocycles. The van der Waals surface area contributed by atoms with Crippen molar-refractivity contribution in [3.8, 4) is 0 Å². The number of alkyl halides is 1. The summed E-state index contributed by atoms with van der Waals surface area (Å²) < 4.78 is 1.64. The van der Waals surface area contributed by atoms with Gasteiger partial charge < -0.3 is 5.32 Å². The Morgan fingerprint density at radius 2 is 2.17 bits per heavy atom. The molecule has 0 aliphatic heterocycles. The van der Waals surface area contributed by atoms with E-state index in [0.29, 0.717) is 11.5 Å². The van der Waals surface area contributed by atoms with Gasteiger partial charge in [0, 0.05) is 11.9 Å². The number of halogens is 1. The summed E-state index contributed by atoms with van der Waals surface area (Å²) in [5, 5.41) is 14.9. The molecule has 98 valence electrons. The molecule has 18 heavy (non-hydrogen) atoms. The van der Waals surface area contributed by atoms with E-state index >= 15 is 0 Å². The first-order valence-corrected chi connectivity index (χ1v) is 6.40. The molecule has 0 bridgehead atoms. The summed E-state index contributed by atoms with van der Waals surface area (Å²) in [5.41, 5.74) is 0.712. The maximum absolute atomic E-state index is 5.86. The van der Waals surface area contributed by atoms with Gasteiger partial charge in [-0.2, -0.15) is 4.52 Å². The zero-order valence-corrected chi connectivity index (χ0v) is 11.5. The van der Waals surface area contributed by atoms with Crippen LogP contribution >= 0.6 is 11.6 Å². The van der Waals surface area contributed by atoms with Crippen molar-refractivity contribution in [3.63, 3.8) is 0 Å². The molecular weight excluding hydrogens is 252 g/mol. The second-order valence-electron chi connectivity index (χ2n) is 5.28. The van der Waals surface area contributed by atoms with Gasteiger partial charge in [-0.05, 0) is 22.3 Å². The van der Waals surface area contributed by atoms with Crippen LogP contribution < -0.4 is 5.32 Å². The third-order valence-electron chi connectivity index (χ3n) is 2.87. The summed E-state index contributed by atoms with van der Waals surface area (Å²) in [4.78, 5) is 4.12. The van der Waals surface area contributed by atoms with Crippen molar-refractivity contribution in [1.29, 1.82) is 0 Å². The Bertz CT molecular complexity index is 517.